The minimum absolute atomic E-state index is 0.0288. The summed E-state index contributed by atoms with van der Waals surface area (Å²) in [5.41, 5.74) is 8.91. The summed E-state index contributed by atoms with van der Waals surface area (Å²) in [4.78, 5) is 78.8. The lowest BCUT2D eigenvalue weighted by molar-refractivity contribution is -0.136. The summed E-state index contributed by atoms with van der Waals surface area (Å²) >= 11 is 0. The number of primary amides is 1. The number of likely N-dealkylation sites (tertiary alicyclic amines) is 1. The third-order valence-corrected chi connectivity index (χ3v) is 13.0. The Labute approximate surface area is 414 Å². The number of nitrogens with zero attached hydrogens (tertiary/aromatic N) is 7. The normalized spacial score (nSPS) is 17.9. The van der Waals surface area contributed by atoms with Crippen molar-refractivity contribution >= 4 is 46.9 Å². The minimum atomic E-state index is -1.01. The number of fused-ring (bicyclic) bond motifs is 2. The van der Waals surface area contributed by atoms with Gasteiger partial charge in [-0.3, -0.25) is 39.0 Å². The van der Waals surface area contributed by atoms with Crippen molar-refractivity contribution in [1.82, 2.24) is 39.9 Å². The van der Waals surface area contributed by atoms with Crippen molar-refractivity contribution in [3.05, 3.63) is 101 Å². The summed E-state index contributed by atoms with van der Waals surface area (Å²) in [6.07, 6.45) is 4.15. The third kappa shape index (κ3) is 11.5. The Morgan fingerprint density at radius 1 is 0.764 bits per heavy atom. The van der Waals surface area contributed by atoms with E-state index < -0.39 is 35.6 Å². The average molecular weight is 988 g/mol. The number of benzene rings is 3. The molecule has 2 saturated heterocycles. The van der Waals surface area contributed by atoms with Crippen LogP contribution in [-0.4, -0.2) is 155 Å². The zero-order valence-corrected chi connectivity index (χ0v) is 39.7. The van der Waals surface area contributed by atoms with Gasteiger partial charge in [-0.1, -0.05) is 23.4 Å². The second kappa shape index (κ2) is 23.1. The van der Waals surface area contributed by atoms with Gasteiger partial charge in [0.15, 0.2) is 5.69 Å². The minimum Gasteiger partial charge on any atom is -0.457 e. The molecule has 5 aromatic rings. The van der Waals surface area contributed by atoms with E-state index in [1.54, 1.807) is 29.1 Å². The molecule has 4 aliphatic rings. The molecule has 0 saturated carbocycles. The molecule has 2 fully saturated rings. The molecule has 0 spiro atoms. The van der Waals surface area contributed by atoms with Crippen LogP contribution in [-0.2, 0) is 35.1 Å². The molecule has 0 radical (unpaired) electrons. The molecule has 9 rings (SSSR count). The lowest BCUT2D eigenvalue weighted by Gasteiger charge is -2.38. The van der Waals surface area contributed by atoms with Crippen LogP contribution >= 0.6 is 0 Å². The van der Waals surface area contributed by atoms with Crippen molar-refractivity contribution < 1.29 is 52.5 Å². The van der Waals surface area contributed by atoms with E-state index >= 15 is 0 Å². The molecule has 72 heavy (non-hydrogen) atoms. The van der Waals surface area contributed by atoms with E-state index in [9.17, 15) is 28.8 Å². The molecule has 5 N–H and O–H groups in total. The highest BCUT2D eigenvalue weighted by atomic mass is 16.6. The molecule has 2 atom stereocenters. The van der Waals surface area contributed by atoms with Crippen LogP contribution in [0.4, 0.5) is 11.5 Å². The first kappa shape index (κ1) is 49.5. The van der Waals surface area contributed by atoms with Gasteiger partial charge in [-0.05, 0) is 86.2 Å². The highest BCUT2D eigenvalue weighted by Gasteiger charge is 2.45. The summed E-state index contributed by atoms with van der Waals surface area (Å²) in [5.74, 6) is -0.656. The standard InChI is InChI=1S/C50H57N11O11/c51-45(63)43-44(33-6-9-36(10-7-33)72-35-4-2-1-3-5-35)56-61-40(14-17-53-46(43)61)32-15-19-58(20-16-32)50(67)39-31-59(57-55-39)21-23-69-25-27-71-29-28-70-26-24-68-22-18-52-34-8-11-37-38(30-34)49(66)60(48(37)65)41-12-13-42(62)54-47(41)64/h1-11,30-32,40-41,52-53H,12-29H2,(H2,51,63)(H,54,62,64)/t40-,41?/m0/s1. The van der Waals surface area contributed by atoms with Gasteiger partial charge in [0.1, 0.15) is 34.6 Å². The number of nitrogens with two attached hydrogens (primary N) is 1. The highest BCUT2D eigenvalue weighted by molar-refractivity contribution is 6.23. The smallest absolute Gasteiger partial charge is 0.276 e. The van der Waals surface area contributed by atoms with Gasteiger partial charge in [-0.15, -0.1) is 5.10 Å². The topological polar surface area (TPSA) is 266 Å². The van der Waals surface area contributed by atoms with Crippen molar-refractivity contribution in [2.75, 3.05) is 89.7 Å². The molecule has 0 bridgehead atoms. The van der Waals surface area contributed by atoms with Crippen molar-refractivity contribution in [3.8, 4) is 22.8 Å². The van der Waals surface area contributed by atoms with Crippen LogP contribution in [0.3, 0.4) is 0 Å². The van der Waals surface area contributed by atoms with Gasteiger partial charge >= 0.3 is 0 Å². The van der Waals surface area contributed by atoms with Crippen molar-refractivity contribution in [3.63, 3.8) is 0 Å². The number of para-hydroxylation sites is 1. The molecule has 6 heterocycles. The number of carbonyl (C=O) groups is 6. The van der Waals surface area contributed by atoms with Crippen LogP contribution < -0.4 is 26.4 Å². The summed E-state index contributed by atoms with van der Waals surface area (Å²) in [7, 11) is 0. The molecule has 6 amide bonds. The van der Waals surface area contributed by atoms with Gasteiger partial charge in [0.05, 0.1) is 82.8 Å². The number of amides is 6. The van der Waals surface area contributed by atoms with E-state index in [1.165, 1.54) is 0 Å². The van der Waals surface area contributed by atoms with Crippen LogP contribution in [0.25, 0.3) is 11.3 Å². The summed E-state index contributed by atoms with van der Waals surface area (Å²) in [5, 5.41) is 22.0. The third-order valence-electron chi connectivity index (χ3n) is 13.0. The second-order valence-corrected chi connectivity index (χ2v) is 17.7. The predicted octanol–water partition coefficient (Wildman–Crippen LogP) is 3.52. The maximum absolute atomic E-state index is 13.5. The Bertz CT molecular complexity index is 2760. The fraction of sp³-hybridized carbons (Fsp3) is 0.420. The monoisotopic (exact) mass is 987 g/mol. The number of aromatic nitrogens is 5. The first-order valence-electron chi connectivity index (χ1n) is 24.2. The molecule has 4 aliphatic heterocycles. The Morgan fingerprint density at radius 2 is 1.44 bits per heavy atom. The SMILES string of the molecule is NC(=O)c1c(-c2ccc(Oc3ccccc3)cc2)nn2c1NCC[C@H]2C1CCN(C(=O)c2cn(CCOCCOCCOCCOCCNc3ccc4c(c3)C(=O)N(C3CCC(=O)NC3=O)C4=O)nn2)CC1. The molecule has 378 valence electrons. The van der Waals surface area contributed by atoms with Crippen LogP contribution in [0.1, 0.15) is 79.7 Å². The molecular formula is C50H57N11O11. The van der Waals surface area contributed by atoms with Gasteiger partial charge in [-0.25, -0.2) is 9.36 Å². The number of nitrogens with one attached hydrogen (secondary N) is 3. The molecule has 1 unspecified atom stereocenters. The number of anilines is 2. The Morgan fingerprint density at radius 3 is 2.15 bits per heavy atom. The quantitative estimate of drug-likeness (QED) is 0.0539. The molecule has 0 aliphatic carbocycles. The van der Waals surface area contributed by atoms with Crippen molar-refractivity contribution in [2.24, 2.45) is 11.7 Å². The van der Waals surface area contributed by atoms with E-state index in [4.69, 9.17) is 34.5 Å². The van der Waals surface area contributed by atoms with E-state index in [2.05, 4.69) is 26.3 Å². The number of ether oxygens (including phenoxy) is 5. The zero-order chi connectivity index (χ0) is 50.0. The number of imide groups is 2. The summed E-state index contributed by atoms with van der Waals surface area (Å²) < 4.78 is 32.0. The van der Waals surface area contributed by atoms with Gasteiger partial charge in [-0.2, -0.15) is 5.10 Å². The maximum Gasteiger partial charge on any atom is 0.276 e. The van der Waals surface area contributed by atoms with Gasteiger partial charge in [0.25, 0.3) is 23.6 Å². The fourth-order valence-corrected chi connectivity index (χ4v) is 9.40. The van der Waals surface area contributed by atoms with Gasteiger partial charge in [0.2, 0.25) is 11.8 Å². The summed E-state index contributed by atoms with van der Waals surface area (Å²) in [6, 6.07) is 20.8. The van der Waals surface area contributed by atoms with E-state index in [0.29, 0.717) is 114 Å². The van der Waals surface area contributed by atoms with Crippen LogP contribution in [0, 0.1) is 5.92 Å². The number of rotatable bonds is 23. The average Bonchev–Trinajstić information content (AvgIpc) is 4.10. The largest absolute Gasteiger partial charge is 0.457 e. The molecule has 2 aromatic heterocycles. The van der Waals surface area contributed by atoms with E-state index in [1.807, 2.05) is 64.2 Å². The summed E-state index contributed by atoms with van der Waals surface area (Å²) in [6.45, 7) is 5.66. The number of carbonyl (C=O) groups excluding carboxylic acids is 6. The highest BCUT2D eigenvalue weighted by Crippen LogP contribution is 2.40. The molecular weight excluding hydrogens is 931 g/mol. The van der Waals surface area contributed by atoms with Crippen molar-refractivity contribution in [2.45, 2.75) is 50.7 Å². The molecule has 22 nitrogen and oxygen atoms in total. The fourth-order valence-electron chi connectivity index (χ4n) is 9.40. The Kier molecular flexibility index (Phi) is 15.9. The first-order chi connectivity index (χ1) is 35.1. The Balaban J connectivity index is 0.616. The lowest BCUT2D eigenvalue weighted by atomic mass is 9.86. The van der Waals surface area contributed by atoms with Crippen molar-refractivity contribution in [1.29, 1.82) is 0 Å². The predicted molar refractivity (Wildman–Crippen MR) is 258 cm³/mol. The number of hydrogen-bond donors (Lipinski definition) is 4. The van der Waals surface area contributed by atoms with Crippen LogP contribution in [0.2, 0.25) is 0 Å². The second-order valence-electron chi connectivity index (χ2n) is 17.7. The molecule has 3 aromatic carbocycles. The van der Waals surface area contributed by atoms with Crippen LogP contribution in [0.5, 0.6) is 11.5 Å². The van der Waals surface area contributed by atoms with Crippen LogP contribution in [0.15, 0.2) is 79.0 Å². The maximum atomic E-state index is 13.5. The van der Waals surface area contributed by atoms with Gasteiger partial charge < -0.3 is 45.0 Å². The number of hydrogen-bond acceptors (Lipinski definition) is 16. The van der Waals surface area contributed by atoms with E-state index in [0.717, 1.165) is 35.5 Å². The zero-order valence-electron chi connectivity index (χ0n) is 39.7. The van der Waals surface area contributed by atoms with E-state index in [-0.39, 0.29) is 47.5 Å². The van der Waals surface area contributed by atoms with Gasteiger partial charge in [0, 0.05) is 43.9 Å². The Hall–Kier alpha value is -7.53. The number of piperidine rings is 2. The lowest BCUT2D eigenvalue weighted by Crippen LogP contribution is -2.54. The molecule has 22 heteroatoms. The first-order valence-corrected chi connectivity index (χ1v) is 24.2.